The molecule has 0 N–H and O–H groups in total. The maximum Gasteiger partial charge on any atom is 0.314 e. The molecule has 28 heavy (non-hydrogen) atoms. The molecule has 150 valence electrons. The van der Waals surface area contributed by atoms with Crippen LogP contribution in [0.1, 0.15) is 11.1 Å². The number of fused-ring (bicyclic) bond motifs is 2. The van der Waals surface area contributed by atoms with Crippen molar-refractivity contribution in [3.8, 4) is 0 Å². The second-order valence-corrected chi connectivity index (χ2v) is 9.71. The largest absolute Gasteiger partial charge is 0.329 e. The molecule has 2 heterocycles. The van der Waals surface area contributed by atoms with Crippen LogP contribution in [0.15, 0.2) is 22.1 Å². The Morgan fingerprint density at radius 2 is 1.57 bits per heavy atom. The number of aliphatic imine (C=N–C) groups is 2. The first kappa shape index (κ1) is 20.4. The number of carbonyl (C=O) groups excluding carboxylic acids is 2. The van der Waals surface area contributed by atoms with Gasteiger partial charge in [0.1, 0.15) is 0 Å². The quantitative estimate of drug-likeness (QED) is 0.583. The number of amidine groups is 1. The number of hydrogen-bond acceptors (Lipinski definition) is 4. The Kier molecular flexibility index (Phi) is 4.80. The van der Waals surface area contributed by atoms with E-state index in [-0.39, 0.29) is 10.3 Å². The molecule has 0 aromatic heterocycles. The average Bonchev–Trinajstić information content (AvgIpc) is 2.52. The summed E-state index contributed by atoms with van der Waals surface area (Å²) in [6, 6.07) is 3.23. The summed E-state index contributed by atoms with van der Waals surface area (Å²) in [6.07, 6.45) is 0. The van der Waals surface area contributed by atoms with Crippen LogP contribution in [-0.4, -0.2) is 93.6 Å². The highest BCUT2D eigenvalue weighted by molar-refractivity contribution is 6.74. The van der Waals surface area contributed by atoms with Crippen molar-refractivity contribution in [2.45, 2.75) is 19.9 Å². The topological polar surface area (TPSA) is 62.1 Å². The maximum atomic E-state index is 13.2. The van der Waals surface area contributed by atoms with Crippen molar-refractivity contribution >= 4 is 34.6 Å². The minimum absolute atomic E-state index is 0.201. The van der Waals surface area contributed by atoms with Gasteiger partial charge in [0.25, 0.3) is 5.78 Å². The van der Waals surface area contributed by atoms with Gasteiger partial charge in [-0.2, -0.15) is 4.99 Å². The number of quaternary nitrogens is 2. The van der Waals surface area contributed by atoms with Gasteiger partial charge in [-0.3, -0.25) is 9.59 Å². The third-order valence-corrected chi connectivity index (χ3v) is 5.28. The smallest absolute Gasteiger partial charge is 0.314 e. The molecule has 0 aliphatic carbocycles. The third-order valence-electron chi connectivity index (χ3n) is 5.28. The van der Waals surface area contributed by atoms with E-state index in [4.69, 9.17) is 0 Å². The molecule has 1 amide bonds. The summed E-state index contributed by atoms with van der Waals surface area (Å²) in [7, 11) is 11.9. The number of anilines is 1. The monoisotopic (exact) mass is 385 g/mol. The summed E-state index contributed by atoms with van der Waals surface area (Å²) in [5, 5.41) is 0. The van der Waals surface area contributed by atoms with Crippen LogP contribution >= 0.6 is 0 Å². The molecule has 1 aromatic carbocycles. The zero-order valence-electron chi connectivity index (χ0n) is 18.2. The van der Waals surface area contributed by atoms with Crippen LogP contribution in [0.25, 0.3) is 0 Å². The molecule has 0 saturated carbocycles. The van der Waals surface area contributed by atoms with Gasteiger partial charge in [0.2, 0.25) is 6.04 Å². The lowest BCUT2D eigenvalue weighted by Gasteiger charge is -2.38. The van der Waals surface area contributed by atoms with Gasteiger partial charge in [-0.25, -0.2) is 4.99 Å². The molecule has 0 saturated heterocycles. The number of amides is 1. The molecular weight excluding hydrogens is 354 g/mol. The van der Waals surface area contributed by atoms with E-state index in [2.05, 4.69) is 44.1 Å². The lowest BCUT2D eigenvalue weighted by atomic mass is 9.97. The fourth-order valence-corrected chi connectivity index (χ4v) is 3.50. The number of rotatable bonds is 4. The molecule has 0 radical (unpaired) electrons. The number of benzene rings is 1. The van der Waals surface area contributed by atoms with E-state index in [0.717, 1.165) is 33.5 Å². The van der Waals surface area contributed by atoms with Crippen LogP contribution in [0.5, 0.6) is 0 Å². The molecule has 3 rings (SSSR count). The van der Waals surface area contributed by atoms with E-state index in [1.54, 1.807) is 0 Å². The third kappa shape index (κ3) is 3.64. The van der Waals surface area contributed by atoms with Crippen molar-refractivity contribution in [1.29, 1.82) is 0 Å². The van der Waals surface area contributed by atoms with Crippen molar-refractivity contribution in [2.24, 2.45) is 9.98 Å². The first-order valence-corrected chi connectivity index (χ1v) is 9.56. The maximum absolute atomic E-state index is 13.2. The molecule has 1 atom stereocenters. The number of ketones is 1. The van der Waals surface area contributed by atoms with Crippen molar-refractivity contribution in [2.75, 3.05) is 60.3 Å². The molecule has 0 bridgehead atoms. The Bertz CT molecular complexity index is 916. The predicted molar refractivity (Wildman–Crippen MR) is 113 cm³/mol. The van der Waals surface area contributed by atoms with E-state index in [9.17, 15) is 9.59 Å². The van der Waals surface area contributed by atoms with Gasteiger partial charge in [-0.05, 0) is 37.1 Å². The predicted octanol–water partition coefficient (Wildman–Crippen LogP) is 1.48. The molecule has 0 fully saturated rings. The fraction of sp³-hybridized carbons (Fsp3) is 0.524. The zero-order chi connectivity index (χ0) is 21.0. The molecule has 7 nitrogen and oxygen atoms in total. The molecule has 1 unspecified atom stereocenters. The molecule has 2 aliphatic rings. The van der Waals surface area contributed by atoms with Crippen molar-refractivity contribution in [3.05, 3.63) is 23.3 Å². The number of nitrogens with zero attached hydrogens (tertiary/aromatic N) is 5. The first-order valence-electron chi connectivity index (χ1n) is 9.56. The number of Topliss-reactive ketones (excluding diaryl/α,β-unsaturated/α-hetero) is 1. The van der Waals surface area contributed by atoms with Crippen LogP contribution in [0.3, 0.4) is 0 Å². The summed E-state index contributed by atoms with van der Waals surface area (Å²) >= 11 is 0. The van der Waals surface area contributed by atoms with Gasteiger partial charge in [-0.15, -0.1) is 0 Å². The van der Waals surface area contributed by atoms with Crippen molar-refractivity contribution in [3.63, 3.8) is 0 Å². The van der Waals surface area contributed by atoms with E-state index in [1.165, 1.54) is 0 Å². The van der Waals surface area contributed by atoms with Crippen LogP contribution < -0.4 is 4.90 Å². The summed E-state index contributed by atoms with van der Waals surface area (Å²) in [4.78, 5) is 37.1. The van der Waals surface area contributed by atoms with Gasteiger partial charge >= 0.3 is 5.91 Å². The van der Waals surface area contributed by atoms with E-state index in [1.807, 2.05) is 39.0 Å². The molecular formula is C21H31N5O2+2. The summed E-state index contributed by atoms with van der Waals surface area (Å²) in [6.45, 7) is 5.57. The Balaban J connectivity index is 2.18. The van der Waals surface area contributed by atoms with Gasteiger partial charge in [0, 0.05) is 0 Å². The Labute approximate surface area is 167 Å². The van der Waals surface area contributed by atoms with Crippen LogP contribution in [0, 0.1) is 13.8 Å². The van der Waals surface area contributed by atoms with Crippen molar-refractivity contribution < 1.29 is 18.6 Å². The Morgan fingerprint density at radius 1 is 0.964 bits per heavy atom. The lowest BCUT2D eigenvalue weighted by molar-refractivity contribution is -0.876. The normalized spacial score (nSPS) is 19.9. The second kappa shape index (κ2) is 6.60. The Morgan fingerprint density at radius 3 is 2.14 bits per heavy atom. The van der Waals surface area contributed by atoms with Crippen LogP contribution in [0.2, 0.25) is 0 Å². The van der Waals surface area contributed by atoms with Crippen LogP contribution in [0.4, 0.5) is 11.4 Å². The Hall–Kier alpha value is -2.38. The highest BCUT2D eigenvalue weighted by atomic mass is 16.2. The molecule has 1 aromatic rings. The minimum atomic E-state index is -0.851. The fourth-order valence-electron chi connectivity index (χ4n) is 3.50. The van der Waals surface area contributed by atoms with E-state index >= 15 is 0 Å². The SMILES string of the molecule is Cc1cc2c(cc1C)N(CC[N+](C)(C)C)C1=NC(=O)C([N+](C)(C)C)C(=O)C1=N2. The summed E-state index contributed by atoms with van der Waals surface area (Å²) in [5.41, 5.74) is 4.24. The molecule has 2 aliphatic heterocycles. The van der Waals surface area contributed by atoms with E-state index < -0.39 is 11.9 Å². The van der Waals surface area contributed by atoms with Gasteiger partial charge in [0.15, 0.2) is 11.5 Å². The summed E-state index contributed by atoms with van der Waals surface area (Å²) < 4.78 is 0.964. The number of aryl methyl sites for hydroxylation is 2. The number of carbonyl (C=O) groups is 2. The van der Waals surface area contributed by atoms with Gasteiger partial charge in [0.05, 0.1) is 66.8 Å². The highest BCUT2D eigenvalue weighted by Gasteiger charge is 2.48. The van der Waals surface area contributed by atoms with Gasteiger partial charge < -0.3 is 13.9 Å². The number of hydrogen-bond donors (Lipinski definition) is 0. The highest BCUT2D eigenvalue weighted by Crippen LogP contribution is 2.37. The molecule has 0 spiro atoms. The number of likely N-dealkylation sites (N-methyl/N-ethyl adjacent to an activating group) is 2. The van der Waals surface area contributed by atoms with Gasteiger partial charge in [-0.1, -0.05) is 0 Å². The van der Waals surface area contributed by atoms with E-state index in [0.29, 0.717) is 18.1 Å². The molecule has 7 heteroatoms. The van der Waals surface area contributed by atoms with Crippen molar-refractivity contribution in [1.82, 2.24) is 0 Å². The van der Waals surface area contributed by atoms with Crippen LogP contribution in [-0.2, 0) is 9.59 Å². The first-order chi connectivity index (χ1) is 12.8. The minimum Gasteiger partial charge on any atom is -0.329 e. The lowest BCUT2D eigenvalue weighted by Crippen LogP contribution is -2.62. The second-order valence-electron chi connectivity index (χ2n) is 9.71. The average molecular weight is 386 g/mol. The summed E-state index contributed by atoms with van der Waals surface area (Å²) in [5.74, 6) is -0.250. The zero-order valence-corrected chi connectivity index (χ0v) is 18.2. The standard InChI is InChI=1S/C21H31N5O2/c1-13-11-15-16(12-14(13)2)24(9-10-25(3,4)5)20-17(22-15)19(27)18(21(28)23-20)26(6,7)8/h11-12,18H,9-10H2,1-8H3/q+2.